The fraction of sp³-hybridized carbons (Fsp3) is 0.312. The summed E-state index contributed by atoms with van der Waals surface area (Å²) in [5.41, 5.74) is 6.56. The maximum atomic E-state index is 8.90. The molecule has 0 bridgehead atoms. The van der Waals surface area contributed by atoms with Gasteiger partial charge in [0.15, 0.2) is 5.84 Å². The molecule has 0 spiro atoms. The molecule has 2 aromatic rings. The van der Waals surface area contributed by atoms with Gasteiger partial charge in [-0.15, -0.1) is 11.8 Å². The highest BCUT2D eigenvalue weighted by molar-refractivity contribution is 8.00. The molecule has 4 heteroatoms. The molecule has 1 aliphatic carbocycles. The van der Waals surface area contributed by atoms with Crippen molar-refractivity contribution in [3.63, 3.8) is 0 Å². The number of oxime groups is 1. The van der Waals surface area contributed by atoms with Crippen molar-refractivity contribution in [1.82, 2.24) is 0 Å². The Morgan fingerprint density at radius 3 is 2.50 bits per heavy atom. The van der Waals surface area contributed by atoms with Gasteiger partial charge in [-0.1, -0.05) is 42.3 Å². The summed E-state index contributed by atoms with van der Waals surface area (Å²) in [6.07, 6.45) is 5.30. The summed E-state index contributed by atoms with van der Waals surface area (Å²) in [6, 6.07) is 12.2. The minimum absolute atomic E-state index is 0.165. The van der Waals surface area contributed by atoms with Gasteiger partial charge in [-0.3, -0.25) is 0 Å². The highest BCUT2D eigenvalue weighted by Crippen LogP contribution is 2.38. The van der Waals surface area contributed by atoms with Crippen molar-refractivity contribution in [1.29, 1.82) is 0 Å². The number of rotatable bonds is 3. The van der Waals surface area contributed by atoms with Gasteiger partial charge >= 0.3 is 0 Å². The molecule has 104 valence electrons. The topological polar surface area (TPSA) is 58.6 Å². The molecule has 0 atom stereocenters. The molecule has 0 aromatic heterocycles. The Morgan fingerprint density at radius 1 is 1.10 bits per heavy atom. The van der Waals surface area contributed by atoms with Gasteiger partial charge in [-0.05, 0) is 35.7 Å². The van der Waals surface area contributed by atoms with E-state index in [1.807, 2.05) is 36.0 Å². The van der Waals surface area contributed by atoms with E-state index >= 15 is 0 Å². The molecular weight excluding hydrogens is 268 g/mol. The number of fused-ring (bicyclic) bond motifs is 1. The fourth-order valence-corrected chi connectivity index (χ4v) is 4.22. The minimum Gasteiger partial charge on any atom is -0.409 e. The molecule has 20 heavy (non-hydrogen) atoms. The van der Waals surface area contributed by atoms with Gasteiger partial charge in [-0.2, -0.15) is 0 Å². The molecule has 2 aromatic carbocycles. The molecule has 3 N–H and O–H groups in total. The van der Waals surface area contributed by atoms with Crippen LogP contribution in [0.25, 0.3) is 10.8 Å². The molecule has 1 fully saturated rings. The normalized spacial score (nSPS) is 16.9. The van der Waals surface area contributed by atoms with Crippen LogP contribution in [0.3, 0.4) is 0 Å². The first-order valence-electron chi connectivity index (χ1n) is 6.96. The maximum absolute atomic E-state index is 8.90. The lowest BCUT2D eigenvalue weighted by Gasteiger charge is -2.13. The predicted octanol–water partition coefficient (Wildman–Crippen LogP) is 3.97. The summed E-state index contributed by atoms with van der Waals surface area (Å²) in [5.74, 6) is 0.165. The van der Waals surface area contributed by atoms with Crippen LogP contribution in [0.1, 0.15) is 31.2 Å². The smallest absolute Gasteiger partial charge is 0.170 e. The Hall–Kier alpha value is -1.68. The molecule has 3 rings (SSSR count). The van der Waals surface area contributed by atoms with Crippen molar-refractivity contribution in [2.75, 3.05) is 0 Å². The SMILES string of the molecule is N/C(=N/O)c1ccc(SC2CCCC2)c2ccccc12. The lowest BCUT2D eigenvalue weighted by molar-refractivity contribution is 0.318. The van der Waals surface area contributed by atoms with Crippen LogP contribution in [-0.4, -0.2) is 16.3 Å². The fourth-order valence-electron chi connectivity index (χ4n) is 2.84. The zero-order chi connectivity index (χ0) is 13.9. The highest BCUT2D eigenvalue weighted by atomic mass is 32.2. The second-order valence-electron chi connectivity index (χ2n) is 5.17. The highest BCUT2D eigenvalue weighted by Gasteiger charge is 2.18. The number of nitrogens with zero attached hydrogens (tertiary/aromatic N) is 1. The van der Waals surface area contributed by atoms with E-state index in [-0.39, 0.29) is 5.84 Å². The van der Waals surface area contributed by atoms with Crippen molar-refractivity contribution in [2.24, 2.45) is 10.9 Å². The molecule has 0 aliphatic heterocycles. The number of benzene rings is 2. The third-order valence-electron chi connectivity index (χ3n) is 3.86. The van der Waals surface area contributed by atoms with E-state index in [9.17, 15) is 0 Å². The molecule has 0 unspecified atom stereocenters. The number of hydrogen-bond acceptors (Lipinski definition) is 3. The van der Waals surface area contributed by atoms with E-state index in [1.165, 1.54) is 36.0 Å². The summed E-state index contributed by atoms with van der Waals surface area (Å²) in [7, 11) is 0. The van der Waals surface area contributed by atoms with E-state index in [0.29, 0.717) is 0 Å². The van der Waals surface area contributed by atoms with Crippen LogP contribution in [0, 0.1) is 0 Å². The van der Waals surface area contributed by atoms with Gasteiger partial charge in [0, 0.05) is 15.7 Å². The van der Waals surface area contributed by atoms with Crippen LogP contribution in [-0.2, 0) is 0 Å². The van der Waals surface area contributed by atoms with Gasteiger partial charge in [0.05, 0.1) is 0 Å². The lowest BCUT2D eigenvalue weighted by Crippen LogP contribution is -2.13. The van der Waals surface area contributed by atoms with E-state index in [1.54, 1.807) is 0 Å². The van der Waals surface area contributed by atoms with Crippen LogP contribution >= 0.6 is 11.8 Å². The molecule has 0 heterocycles. The summed E-state index contributed by atoms with van der Waals surface area (Å²) in [4.78, 5) is 1.29. The zero-order valence-corrected chi connectivity index (χ0v) is 12.1. The van der Waals surface area contributed by atoms with Gasteiger partial charge in [0.25, 0.3) is 0 Å². The molecule has 0 saturated heterocycles. The average Bonchev–Trinajstić information content (AvgIpc) is 3.00. The van der Waals surface area contributed by atoms with Crippen molar-refractivity contribution in [2.45, 2.75) is 35.8 Å². The molecule has 3 nitrogen and oxygen atoms in total. The number of nitrogens with two attached hydrogens (primary N) is 1. The summed E-state index contributed by atoms with van der Waals surface area (Å²) in [5, 5.41) is 15.0. The first kappa shape index (κ1) is 13.3. The van der Waals surface area contributed by atoms with E-state index in [4.69, 9.17) is 10.9 Å². The Bertz CT molecular complexity index is 648. The average molecular weight is 286 g/mol. The molecule has 1 aliphatic rings. The maximum Gasteiger partial charge on any atom is 0.170 e. The van der Waals surface area contributed by atoms with Crippen LogP contribution in [0.2, 0.25) is 0 Å². The Labute approximate surface area is 122 Å². The van der Waals surface area contributed by atoms with E-state index in [0.717, 1.165) is 16.2 Å². The number of amidine groups is 1. The van der Waals surface area contributed by atoms with Crippen molar-refractivity contribution in [3.8, 4) is 0 Å². The van der Waals surface area contributed by atoms with Crippen molar-refractivity contribution >= 4 is 28.4 Å². The summed E-state index contributed by atoms with van der Waals surface area (Å²) in [6.45, 7) is 0. The second kappa shape index (κ2) is 5.75. The zero-order valence-electron chi connectivity index (χ0n) is 11.2. The van der Waals surface area contributed by atoms with Crippen LogP contribution in [0.4, 0.5) is 0 Å². The molecule has 1 saturated carbocycles. The first-order chi connectivity index (χ1) is 9.79. The summed E-state index contributed by atoms with van der Waals surface area (Å²) >= 11 is 1.97. The van der Waals surface area contributed by atoms with Crippen molar-refractivity contribution in [3.05, 3.63) is 42.0 Å². The van der Waals surface area contributed by atoms with Gasteiger partial charge in [0.1, 0.15) is 0 Å². The monoisotopic (exact) mass is 286 g/mol. The quantitative estimate of drug-likeness (QED) is 0.388. The number of thioether (sulfide) groups is 1. The van der Waals surface area contributed by atoms with Crippen LogP contribution in [0.15, 0.2) is 46.4 Å². The third kappa shape index (κ3) is 2.48. The van der Waals surface area contributed by atoms with Gasteiger partial charge in [0.2, 0.25) is 0 Å². The molecule has 0 radical (unpaired) electrons. The molecular formula is C16H18N2OS. The van der Waals surface area contributed by atoms with Gasteiger partial charge < -0.3 is 10.9 Å². The van der Waals surface area contributed by atoms with Crippen LogP contribution in [0.5, 0.6) is 0 Å². The molecule has 0 amide bonds. The van der Waals surface area contributed by atoms with Crippen molar-refractivity contribution < 1.29 is 5.21 Å². The third-order valence-corrected chi connectivity index (χ3v) is 5.28. The Balaban J connectivity index is 2.06. The lowest BCUT2D eigenvalue weighted by atomic mass is 10.0. The second-order valence-corrected chi connectivity index (χ2v) is 6.51. The Kier molecular flexibility index (Phi) is 3.83. The summed E-state index contributed by atoms with van der Waals surface area (Å²) < 4.78 is 0. The van der Waals surface area contributed by atoms with E-state index < -0.39 is 0 Å². The predicted molar refractivity (Wildman–Crippen MR) is 84.6 cm³/mol. The van der Waals surface area contributed by atoms with Gasteiger partial charge in [-0.25, -0.2) is 0 Å². The Morgan fingerprint density at radius 2 is 1.80 bits per heavy atom. The largest absolute Gasteiger partial charge is 0.409 e. The first-order valence-corrected chi connectivity index (χ1v) is 7.84. The van der Waals surface area contributed by atoms with E-state index in [2.05, 4.69) is 17.3 Å². The van der Waals surface area contributed by atoms with Crippen LogP contribution < -0.4 is 5.73 Å². The minimum atomic E-state index is 0.165. The standard InChI is InChI=1S/C16H18N2OS/c17-16(18-19)14-9-10-15(20-11-5-1-2-6-11)13-8-4-3-7-12(13)14/h3-4,7-11,19H,1-2,5-6H2,(H2,17,18). The number of hydrogen-bond donors (Lipinski definition) is 2.